The summed E-state index contributed by atoms with van der Waals surface area (Å²) in [5.74, 6) is 0. The number of aliphatic hydroxyl groups excluding tert-OH is 2. The molecule has 0 aromatic rings. The molecule has 1 rings (SSSR count). The lowest BCUT2D eigenvalue weighted by atomic mass is 9.93. The molecule has 4 atom stereocenters. The van der Waals surface area contributed by atoms with Crippen molar-refractivity contribution in [3.05, 3.63) is 12.2 Å². The van der Waals surface area contributed by atoms with Gasteiger partial charge in [-0.1, -0.05) is 12.2 Å². The minimum atomic E-state index is -0.724. The third-order valence-electron chi connectivity index (χ3n) is 1.74. The van der Waals surface area contributed by atoms with Crippen LogP contribution in [0.25, 0.3) is 0 Å². The summed E-state index contributed by atoms with van der Waals surface area (Å²) in [5.41, 5.74) is 10.9. The molecule has 1 aliphatic rings. The summed E-state index contributed by atoms with van der Waals surface area (Å²) < 4.78 is 0. The van der Waals surface area contributed by atoms with E-state index in [1.165, 1.54) is 12.2 Å². The molecule has 0 radical (unpaired) electrons. The van der Waals surface area contributed by atoms with Gasteiger partial charge in [-0.05, 0) is 0 Å². The monoisotopic (exact) mass is 144 g/mol. The summed E-state index contributed by atoms with van der Waals surface area (Å²) >= 11 is 0. The smallest absolute Gasteiger partial charge is 0.0889 e. The van der Waals surface area contributed by atoms with Crippen LogP contribution in [-0.4, -0.2) is 34.5 Å². The largest absolute Gasteiger partial charge is 0.387 e. The minimum Gasteiger partial charge on any atom is -0.387 e. The average Bonchev–Trinajstić information content (AvgIpc) is 1.93. The quantitative estimate of drug-likeness (QED) is 0.294. The topological polar surface area (TPSA) is 92.5 Å². The van der Waals surface area contributed by atoms with Gasteiger partial charge in [-0.25, -0.2) is 0 Å². The Labute approximate surface area is 59.1 Å². The highest BCUT2D eigenvalue weighted by atomic mass is 16.3. The molecule has 0 spiro atoms. The predicted octanol–water partition coefficient (Wildman–Crippen LogP) is -2.07. The first-order chi connectivity index (χ1) is 4.63. The fraction of sp³-hybridized carbons (Fsp3) is 0.667. The van der Waals surface area contributed by atoms with E-state index in [9.17, 15) is 0 Å². The van der Waals surface area contributed by atoms with Crippen LogP contribution in [-0.2, 0) is 0 Å². The molecule has 0 amide bonds. The summed E-state index contributed by atoms with van der Waals surface area (Å²) in [6.45, 7) is 0. The molecule has 10 heavy (non-hydrogen) atoms. The molecule has 0 aromatic heterocycles. The molecule has 58 valence electrons. The van der Waals surface area contributed by atoms with Gasteiger partial charge in [0.2, 0.25) is 0 Å². The molecule has 0 heterocycles. The third-order valence-corrected chi connectivity index (χ3v) is 1.74. The van der Waals surface area contributed by atoms with Gasteiger partial charge in [-0.2, -0.15) is 0 Å². The summed E-state index contributed by atoms with van der Waals surface area (Å²) in [7, 11) is 0. The van der Waals surface area contributed by atoms with E-state index in [4.69, 9.17) is 21.7 Å². The molecule has 0 aliphatic heterocycles. The van der Waals surface area contributed by atoms with Crippen molar-refractivity contribution < 1.29 is 10.2 Å². The van der Waals surface area contributed by atoms with Crippen molar-refractivity contribution in [3.8, 4) is 0 Å². The second kappa shape index (κ2) is 2.67. The minimum absolute atomic E-state index is 0.556. The molecule has 1 aliphatic carbocycles. The number of hydrogen-bond donors (Lipinski definition) is 4. The van der Waals surface area contributed by atoms with Gasteiger partial charge < -0.3 is 21.7 Å². The molecule has 0 fully saturated rings. The van der Waals surface area contributed by atoms with E-state index in [1.807, 2.05) is 0 Å². The lowest BCUT2D eigenvalue weighted by Gasteiger charge is -2.29. The highest BCUT2D eigenvalue weighted by Gasteiger charge is 2.28. The van der Waals surface area contributed by atoms with Gasteiger partial charge in [-0.3, -0.25) is 0 Å². The lowest BCUT2D eigenvalue weighted by Crippen LogP contribution is -2.56. The Balaban J connectivity index is 2.69. The Morgan fingerprint density at radius 2 is 1.20 bits per heavy atom. The fourth-order valence-electron chi connectivity index (χ4n) is 0.940. The molecule has 4 heteroatoms. The molecule has 0 bridgehead atoms. The van der Waals surface area contributed by atoms with E-state index in [0.29, 0.717) is 0 Å². The van der Waals surface area contributed by atoms with Gasteiger partial charge in [0.05, 0.1) is 24.3 Å². The maximum atomic E-state index is 9.06. The molecule has 0 saturated heterocycles. The third kappa shape index (κ3) is 1.19. The van der Waals surface area contributed by atoms with Crippen LogP contribution in [0.4, 0.5) is 0 Å². The van der Waals surface area contributed by atoms with Crippen LogP contribution in [0.3, 0.4) is 0 Å². The van der Waals surface area contributed by atoms with Gasteiger partial charge in [-0.15, -0.1) is 0 Å². The highest BCUT2D eigenvalue weighted by Crippen LogP contribution is 2.08. The van der Waals surface area contributed by atoms with Crippen LogP contribution in [0.2, 0.25) is 0 Å². The van der Waals surface area contributed by atoms with E-state index in [1.54, 1.807) is 0 Å². The van der Waals surface area contributed by atoms with Crippen LogP contribution >= 0.6 is 0 Å². The fourth-order valence-corrected chi connectivity index (χ4v) is 0.940. The second-order valence-corrected chi connectivity index (χ2v) is 2.52. The zero-order valence-electron chi connectivity index (χ0n) is 5.51. The van der Waals surface area contributed by atoms with Crippen molar-refractivity contribution in [2.45, 2.75) is 24.3 Å². The maximum Gasteiger partial charge on any atom is 0.0889 e. The molecular formula is C6H12N2O2. The van der Waals surface area contributed by atoms with E-state index in [-0.39, 0.29) is 0 Å². The van der Waals surface area contributed by atoms with Crippen molar-refractivity contribution in [1.82, 2.24) is 0 Å². The Morgan fingerprint density at radius 1 is 0.900 bits per heavy atom. The Morgan fingerprint density at radius 3 is 1.50 bits per heavy atom. The van der Waals surface area contributed by atoms with Crippen molar-refractivity contribution >= 4 is 0 Å². The van der Waals surface area contributed by atoms with Crippen molar-refractivity contribution in [2.75, 3.05) is 0 Å². The number of nitrogens with two attached hydrogens (primary N) is 2. The molecule has 4 nitrogen and oxygen atoms in total. The zero-order chi connectivity index (χ0) is 7.72. The van der Waals surface area contributed by atoms with E-state index < -0.39 is 24.3 Å². The summed E-state index contributed by atoms with van der Waals surface area (Å²) in [4.78, 5) is 0. The predicted molar refractivity (Wildman–Crippen MR) is 37.1 cm³/mol. The average molecular weight is 144 g/mol. The Hall–Kier alpha value is -0.420. The molecule has 6 N–H and O–H groups in total. The second-order valence-electron chi connectivity index (χ2n) is 2.52. The summed E-state index contributed by atoms with van der Waals surface area (Å²) in [5, 5.41) is 18.1. The van der Waals surface area contributed by atoms with Gasteiger partial charge in [0.15, 0.2) is 0 Å². The Kier molecular flexibility index (Phi) is 2.05. The summed E-state index contributed by atoms with van der Waals surface area (Å²) in [6.07, 6.45) is 1.47. The maximum absolute atomic E-state index is 9.06. The van der Waals surface area contributed by atoms with Crippen LogP contribution in [0.5, 0.6) is 0 Å². The van der Waals surface area contributed by atoms with Crippen molar-refractivity contribution in [1.29, 1.82) is 0 Å². The van der Waals surface area contributed by atoms with Crippen molar-refractivity contribution in [2.24, 2.45) is 11.5 Å². The van der Waals surface area contributed by atoms with Crippen molar-refractivity contribution in [3.63, 3.8) is 0 Å². The number of rotatable bonds is 0. The van der Waals surface area contributed by atoms with Crippen LogP contribution in [0, 0.1) is 0 Å². The summed E-state index contributed by atoms with van der Waals surface area (Å²) in [6, 6.07) is -1.11. The SMILES string of the molecule is N[C@@H]1[C@@H](N)[C@H](O)C=C[C@H]1O. The van der Waals surface area contributed by atoms with E-state index in [2.05, 4.69) is 0 Å². The molecular weight excluding hydrogens is 132 g/mol. The van der Waals surface area contributed by atoms with Gasteiger partial charge in [0.1, 0.15) is 0 Å². The number of hydrogen-bond acceptors (Lipinski definition) is 4. The van der Waals surface area contributed by atoms with Gasteiger partial charge in [0, 0.05) is 0 Å². The van der Waals surface area contributed by atoms with Crippen LogP contribution in [0.15, 0.2) is 12.2 Å². The Bertz CT molecular complexity index is 133. The molecule has 0 aromatic carbocycles. The van der Waals surface area contributed by atoms with E-state index >= 15 is 0 Å². The zero-order valence-corrected chi connectivity index (χ0v) is 5.51. The van der Waals surface area contributed by atoms with Gasteiger partial charge in [0.25, 0.3) is 0 Å². The van der Waals surface area contributed by atoms with Crippen LogP contribution in [0.1, 0.15) is 0 Å². The normalized spacial score (nSPS) is 47.6. The molecule has 0 saturated carbocycles. The lowest BCUT2D eigenvalue weighted by molar-refractivity contribution is 0.107. The van der Waals surface area contributed by atoms with Crippen LogP contribution < -0.4 is 11.5 Å². The standard InChI is InChI=1S/C6H12N2O2/c7-5-3(9)1-2-4(10)6(5)8/h1-6,9-10H,7-8H2/t3-,4-,5+,6+/m1/s1. The van der Waals surface area contributed by atoms with Gasteiger partial charge >= 0.3 is 0 Å². The first-order valence-corrected chi connectivity index (χ1v) is 3.18. The first-order valence-electron chi connectivity index (χ1n) is 3.18. The van der Waals surface area contributed by atoms with E-state index in [0.717, 1.165) is 0 Å². The highest BCUT2D eigenvalue weighted by molar-refractivity contribution is 5.10. The first kappa shape index (κ1) is 7.68. The molecule has 0 unspecified atom stereocenters. The number of aliphatic hydroxyl groups is 2.